The Labute approximate surface area is 89.5 Å². The Hall–Kier alpha value is -1.77. The normalized spacial score (nSPS) is 12.7. The Kier molecular flexibility index (Phi) is 2.46. The summed E-state index contributed by atoms with van der Waals surface area (Å²) >= 11 is 0. The second-order valence-electron chi connectivity index (χ2n) is 3.75. The summed E-state index contributed by atoms with van der Waals surface area (Å²) in [5.41, 5.74) is 8.03. The molecule has 0 aliphatic heterocycles. The lowest BCUT2D eigenvalue weighted by Crippen LogP contribution is -1.99. The van der Waals surface area contributed by atoms with Crippen LogP contribution in [-0.2, 0) is 7.05 Å². The fraction of sp³-hybridized carbons (Fsp3) is 0.250. The van der Waals surface area contributed by atoms with E-state index >= 15 is 0 Å². The first-order valence-electron chi connectivity index (χ1n) is 5.03. The Balaban J connectivity index is 2.32. The second kappa shape index (κ2) is 3.77. The zero-order valence-corrected chi connectivity index (χ0v) is 9.01. The van der Waals surface area contributed by atoms with Gasteiger partial charge in [-0.15, -0.1) is 0 Å². The minimum atomic E-state index is 0.287. The average molecular weight is 201 g/mol. The number of rotatable bonds is 2. The lowest BCUT2D eigenvalue weighted by Gasteiger charge is -2.07. The number of aromatic nitrogens is 2. The van der Waals surface area contributed by atoms with Crippen LogP contribution in [0.2, 0.25) is 0 Å². The van der Waals surface area contributed by atoms with E-state index in [2.05, 4.69) is 24.2 Å². The molecule has 0 fully saturated rings. The van der Waals surface area contributed by atoms with Crippen LogP contribution in [0.15, 0.2) is 36.4 Å². The summed E-state index contributed by atoms with van der Waals surface area (Å²) in [6.07, 6.45) is 0. The van der Waals surface area contributed by atoms with Gasteiger partial charge in [0.05, 0.1) is 5.69 Å². The van der Waals surface area contributed by atoms with Gasteiger partial charge in [0.25, 0.3) is 0 Å². The standard InChI is InChI=1S/C12H15N3/c1-9(10-6-4-3-5-7-10)11-8-12(13)15(2)14-11/h3-9H,13H2,1-2H3. The van der Waals surface area contributed by atoms with Crippen LogP contribution in [0.3, 0.4) is 0 Å². The van der Waals surface area contributed by atoms with E-state index in [1.165, 1.54) is 5.56 Å². The van der Waals surface area contributed by atoms with E-state index in [-0.39, 0.29) is 5.92 Å². The highest BCUT2D eigenvalue weighted by atomic mass is 15.3. The number of nitrogen functional groups attached to an aromatic ring is 1. The van der Waals surface area contributed by atoms with Gasteiger partial charge in [-0.1, -0.05) is 37.3 Å². The summed E-state index contributed by atoms with van der Waals surface area (Å²) in [5, 5.41) is 4.38. The zero-order chi connectivity index (χ0) is 10.8. The monoisotopic (exact) mass is 201 g/mol. The van der Waals surface area contributed by atoms with Gasteiger partial charge in [-0.25, -0.2) is 0 Å². The molecule has 2 N–H and O–H groups in total. The van der Waals surface area contributed by atoms with Crippen LogP contribution in [0.1, 0.15) is 24.1 Å². The molecule has 78 valence electrons. The van der Waals surface area contributed by atoms with Crippen molar-refractivity contribution in [2.45, 2.75) is 12.8 Å². The molecule has 1 aromatic heterocycles. The third kappa shape index (κ3) is 1.86. The number of nitrogens with zero attached hydrogens (tertiary/aromatic N) is 2. The van der Waals surface area contributed by atoms with Gasteiger partial charge in [-0.3, -0.25) is 4.68 Å². The summed E-state index contributed by atoms with van der Waals surface area (Å²) in [7, 11) is 1.86. The highest BCUT2D eigenvalue weighted by Crippen LogP contribution is 2.23. The van der Waals surface area contributed by atoms with Crippen molar-refractivity contribution in [3.8, 4) is 0 Å². The molecule has 0 aliphatic carbocycles. The maximum absolute atomic E-state index is 5.76. The van der Waals surface area contributed by atoms with Gasteiger partial charge in [0, 0.05) is 19.0 Å². The molecule has 0 saturated carbocycles. The number of hydrogen-bond acceptors (Lipinski definition) is 2. The van der Waals surface area contributed by atoms with Crippen LogP contribution in [0, 0.1) is 0 Å². The van der Waals surface area contributed by atoms with Crippen molar-refractivity contribution in [3.63, 3.8) is 0 Å². The zero-order valence-electron chi connectivity index (χ0n) is 9.01. The van der Waals surface area contributed by atoms with Crippen molar-refractivity contribution in [3.05, 3.63) is 47.7 Å². The molecule has 0 amide bonds. The molecule has 1 aromatic carbocycles. The van der Waals surface area contributed by atoms with Crippen molar-refractivity contribution >= 4 is 5.82 Å². The van der Waals surface area contributed by atoms with E-state index in [9.17, 15) is 0 Å². The highest BCUT2D eigenvalue weighted by molar-refractivity contribution is 5.36. The van der Waals surface area contributed by atoms with Crippen molar-refractivity contribution in [2.75, 3.05) is 5.73 Å². The first kappa shape index (κ1) is 9.77. The van der Waals surface area contributed by atoms with Crippen molar-refractivity contribution in [2.24, 2.45) is 7.05 Å². The molecule has 3 heteroatoms. The summed E-state index contributed by atoms with van der Waals surface area (Å²) in [6, 6.07) is 12.2. The Morgan fingerprint density at radius 1 is 1.27 bits per heavy atom. The molecule has 2 rings (SSSR count). The predicted molar refractivity (Wildman–Crippen MR) is 61.6 cm³/mol. The van der Waals surface area contributed by atoms with E-state index in [0.29, 0.717) is 5.82 Å². The van der Waals surface area contributed by atoms with Crippen molar-refractivity contribution in [1.82, 2.24) is 9.78 Å². The Morgan fingerprint density at radius 2 is 1.93 bits per heavy atom. The number of benzene rings is 1. The summed E-state index contributed by atoms with van der Waals surface area (Å²) in [5.74, 6) is 0.988. The number of aryl methyl sites for hydroxylation is 1. The molecule has 0 aliphatic rings. The molecule has 15 heavy (non-hydrogen) atoms. The topological polar surface area (TPSA) is 43.8 Å². The third-order valence-corrected chi connectivity index (χ3v) is 2.68. The van der Waals surface area contributed by atoms with Gasteiger partial charge in [0.15, 0.2) is 0 Å². The van der Waals surface area contributed by atoms with E-state index < -0.39 is 0 Å². The third-order valence-electron chi connectivity index (χ3n) is 2.68. The summed E-state index contributed by atoms with van der Waals surface area (Å²) in [4.78, 5) is 0. The molecule has 1 unspecified atom stereocenters. The van der Waals surface area contributed by atoms with Crippen LogP contribution in [0.5, 0.6) is 0 Å². The predicted octanol–water partition coefficient (Wildman–Crippen LogP) is 2.15. The minimum absolute atomic E-state index is 0.287. The minimum Gasteiger partial charge on any atom is -0.384 e. The molecule has 0 radical (unpaired) electrons. The second-order valence-corrected chi connectivity index (χ2v) is 3.75. The van der Waals surface area contributed by atoms with E-state index in [4.69, 9.17) is 5.73 Å². The van der Waals surface area contributed by atoms with Gasteiger partial charge >= 0.3 is 0 Å². The summed E-state index contributed by atoms with van der Waals surface area (Å²) in [6.45, 7) is 2.14. The number of anilines is 1. The van der Waals surface area contributed by atoms with Crippen LogP contribution in [0.25, 0.3) is 0 Å². The maximum atomic E-state index is 5.76. The molecule has 3 nitrogen and oxygen atoms in total. The lowest BCUT2D eigenvalue weighted by molar-refractivity contribution is 0.733. The van der Waals surface area contributed by atoms with E-state index in [1.807, 2.05) is 31.3 Å². The quantitative estimate of drug-likeness (QED) is 0.809. The fourth-order valence-electron chi connectivity index (χ4n) is 1.63. The van der Waals surface area contributed by atoms with Crippen molar-refractivity contribution in [1.29, 1.82) is 0 Å². The van der Waals surface area contributed by atoms with Gasteiger partial charge in [0.1, 0.15) is 5.82 Å². The molecule has 0 spiro atoms. The average Bonchev–Trinajstić information content (AvgIpc) is 2.59. The van der Waals surface area contributed by atoms with Gasteiger partial charge in [0.2, 0.25) is 0 Å². The first-order chi connectivity index (χ1) is 7.18. The SMILES string of the molecule is CC(c1ccccc1)c1cc(N)n(C)n1. The number of nitrogens with two attached hydrogens (primary N) is 1. The summed E-state index contributed by atoms with van der Waals surface area (Å²) < 4.78 is 1.70. The highest BCUT2D eigenvalue weighted by Gasteiger charge is 2.12. The lowest BCUT2D eigenvalue weighted by atomic mass is 9.98. The van der Waals surface area contributed by atoms with Crippen LogP contribution >= 0.6 is 0 Å². The van der Waals surface area contributed by atoms with Crippen LogP contribution in [-0.4, -0.2) is 9.78 Å². The van der Waals surface area contributed by atoms with Crippen LogP contribution < -0.4 is 5.73 Å². The molecule has 1 heterocycles. The maximum Gasteiger partial charge on any atom is 0.121 e. The van der Waals surface area contributed by atoms with Gasteiger partial charge < -0.3 is 5.73 Å². The fourth-order valence-corrected chi connectivity index (χ4v) is 1.63. The van der Waals surface area contributed by atoms with E-state index in [1.54, 1.807) is 4.68 Å². The van der Waals surface area contributed by atoms with Crippen molar-refractivity contribution < 1.29 is 0 Å². The van der Waals surface area contributed by atoms with E-state index in [0.717, 1.165) is 5.69 Å². The first-order valence-corrected chi connectivity index (χ1v) is 5.03. The Morgan fingerprint density at radius 3 is 2.47 bits per heavy atom. The smallest absolute Gasteiger partial charge is 0.121 e. The molecular formula is C12H15N3. The molecule has 2 aromatic rings. The van der Waals surface area contributed by atoms with Crippen LogP contribution in [0.4, 0.5) is 5.82 Å². The molecule has 0 bridgehead atoms. The Bertz CT molecular complexity index is 426. The van der Waals surface area contributed by atoms with Gasteiger partial charge in [-0.2, -0.15) is 5.10 Å². The molecule has 0 saturated heterocycles. The largest absolute Gasteiger partial charge is 0.384 e. The number of hydrogen-bond donors (Lipinski definition) is 1. The van der Waals surface area contributed by atoms with Gasteiger partial charge in [-0.05, 0) is 5.56 Å². The molecular weight excluding hydrogens is 186 g/mol. The molecule has 1 atom stereocenters.